The van der Waals surface area contributed by atoms with Gasteiger partial charge < -0.3 is 29.7 Å². The number of hydrogen-bond acceptors (Lipinski definition) is 6. The van der Waals surface area contributed by atoms with Crippen molar-refractivity contribution in [2.75, 3.05) is 0 Å². The maximum atomic E-state index is 10.8. The number of carbonyl (C=O) groups excluding carboxylic acids is 3. The fourth-order valence-corrected chi connectivity index (χ4v) is 3.73. The van der Waals surface area contributed by atoms with Crippen LogP contribution in [0.5, 0.6) is 0 Å². The molecule has 37 heavy (non-hydrogen) atoms. The van der Waals surface area contributed by atoms with Gasteiger partial charge >= 0.3 is 49.4 Å². The summed E-state index contributed by atoms with van der Waals surface area (Å²) in [5.41, 5.74) is -1.84. The zero-order valence-corrected chi connectivity index (χ0v) is 27.9. The van der Waals surface area contributed by atoms with E-state index in [1.165, 1.54) is 12.8 Å². The van der Waals surface area contributed by atoms with Crippen molar-refractivity contribution in [3.63, 3.8) is 0 Å². The Hall–Kier alpha value is -0.00558. The van der Waals surface area contributed by atoms with E-state index >= 15 is 0 Å². The number of carbonyl (C=O) groups is 3. The molecule has 2 atom stereocenters. The second-order valence-corrected chi connectivity index (χ2v) is 11.3. The van der Waals surface area contributed by atoms with Crippen LogP contribution in [0.25, 0.3) is 0 Å². The zero-order chi connectivity index (χ0) is 28.8. The Kier molecular flexibility index (Phi) is 29.7. The Labute approximate surface area is 269 Å². The van der Waals surface area contributed by atoms with Crippen LogP contribution in [0.15, 0.2) is 0 Å². The summed E-state index contributed by atoms with van der Waals surface area (Å²) in [4.78, 5) is 32.1. The molecule has 0 amide bonds. The molecule has 0 radical (unpaired) electrons. The van der Waals surface area contributed by atoms with Crippen molar-refractivity contribution in [2.45, 2.75) is 159 Å². The molecule has 0 aliphatic carbocycles. The monoisotopic (exact) mass is 666 g/mol. The molecule has 0 saturated heterocycles. The molecule has 0 saturated carbocycles. The van der Waals surface area contributed by atoms with Gasteiger partial charge in [-0.1, -0.05) is 127 Å². The van der Waals surface area contributed by atoms with E-state index in [4.69, 9.17) is 0 Å². The van der Waals surface area contributed by atoms with Gasteiger partial charge in [0, 0.05) is 34.2 Å². The van der Waals surface area contributed by atoms with E-state index in [0.717, 1.165) is 77.0 Å². The van der Waals surface area contributed by atoms with Crippen LogP contribution in [0.3, 0.4) is 0 Å². The Morgan fingerprint density at radius 1 is 0.486 bits per heavy atom. The van der Waals surface area contributed by atoms with Crippen molar-refractivity contribution in [3.8, 4) is 0 Å². The van der Waals surface area contributed by atoms with E-state index in [2.05, 4.69) is 20.8 Å². The molecular formula is C30H57EuO6. The van der Waals surface area contributed by atoms with Crippen molar-refractivity contribution < 1.29 is 79.1 Å². The summed E-state index contributed by atoms with van der Waals surface area (Å²) < 4.78 is 0. The third-order valence-electron chi connectivity index (χ3n) is 7.19. The first-order chi connectivity index (χ1) is 16.6. The van der Waals surface area contributed by atoms with E-state index in [1.54, 1.807) is 27.7 Å². The normalized spacial score (nSPS) is 13.9. The summed E-state index contributed by atoms with van der Waals surface area (Å²) in [6.45, 7) is 17.3. The van der Waals surface area contributed by atoms with Crippen LogP contribution in [0.2, 0.25) is 0 Å². The molecule has 0 aliphatic heterocycles. The molecule has 0 heterocycles. The van der Waals surface area contributed by atoms with Crippen LogP contribution in [0.1, 0.15) is 159 Å². The smallest absolute Gasteiger partial charge is 0.550 e. The summed E-state index contributed by atoms with van der Waals surface area (Å²) in [5.74, 6) is -2.72. The molecule has 0 aromatic carbocycles. The first-order valence-corrected chi connectivity index (χ1v) is 14.3. The van der Waals surface area contributed by atoms with Gasteiger partial charge in [-0.05, 0) is 32.1 Å². The maximum Gasteiger partial charge on any atom is 3.00 e. The molecular weight excluding hydrogens is 608 g/mol. The fourth-order valence-electron chi connectivity index (χ4n) is 3.73. The van der Waals surface area contributed by atoms with Crippen molar-refractivity contribution >= 4 is 17.9 Å². The van der Waals surface area contributed by atoms with E-state index in [0.29, 0.717) is 6.42 Å². The molecule has 7 heteroatoms. The zero-order valence-electron chi connectivity index (χ0n) is 25.4. The summed E-state index contributed by atoms with van der Waals surface area (Å²) >= 11 is 0. The SMILES string of the molecule is CCCCC(C)(CCC)C(=O)[O-].CCCCCC(C)(CC)C(=O)[O-].CCCCCCC(C)(C)C(=O)[O-].[Eu+3]. The van der Waals surface area contributed by atoms with Gasteiger partial charge in [0.25, 0.3) is 0 Å². The third-order valence-corrected chi connectivity index (χ3v) is 7.19. The number of aliphatic carboxylic acids is 3. The minimum Gasteiger partial charge on any atom is -0.550 e. The summed E-state index contributed by atoms with van der Waals surface area (Å²) in [6.07, 6.45) is 14.3. The van der Waals surface area contributed by atoms with Crippen LogP contribution in [0.4, 0.5) is 0 Å². The second-order valence-electron chi connectivity index (χ2n) is 11.3. The number of hydrogen-bond donors (Lipinski definition) is 0. The van der Waals surface area contributed by atoms with E-state index < -0.39 is 34.2 Å². The third kappa shape index (κ3) is 22.5. The first-order valence-electron chi connectivity index (χ1n) is 14.3. The minimum atomic E-state index is -0.931. The molecule has 0 aromatic heterocycles. The van der Waals surface area contributed by atoms with Gasteiger partial charge in [0.05, 0.1) is 0 Å². The molecule has 0 bridgehead atoms. The van der Waals surface area contributed by atoms with Crippen LogP contribution < -0.4 is 15.3 Å². The van der Waals surface area contributed by atoms with E-state index in [9.17, 15) is 29.7 Å². The average Bonchev–Trinajstić information content (AvgIpc) is 2.81. The molecule has 0 aliphatic rings. The van der Waals surface area contributed by atoms with Crippen molar-refractivity contribution in [1.82, 2.24) is 0 Å². The van der Waals surface area contributed by atoms with Crippen molar-refractivity contribution in [3.05, 3.63) is 0 Å². The van der Waals surface area contributed by atoms with Gasteiger partial charge in [-0.2, -0.15) is 0 Å². The summed E-state index contributed by atoms with van der Waals surface area (Å²) in [7, 11) is 0. The molecule has 0 fully saturated rings. The standard InChI is InChI=1S/3C10H20O2.Eu/c1-4-5-6-7-8-10(2,3)9(11)12;1-4-6-7-8-10(3,5-2)9(11)12;1-4-6-8-10(3,7-5-2)9(11)12;/h3*4-8H2,1-3H3,(H,11,12);/q;;;+3/p-3. The largest absolute Gasteiger partial charge is 3.00 e. The fraction of sp³-hybridized carbons (Fsp3) is 0.900. The van der Waals surface area contributed by atoms with Crippen LogP contribution in [-0.2, 0) is 14.4 Å². The van der Waals surface area contributed by atoms with Gasteiger partial charge in [0.2, 0.25) is 0 Å². The van der Waals surface area contributed by atoms with Gasteiger partial charge in [-0.3, -0.25) is 0 Å². The number of carboxylic acids is 3. The summed E-state index contributed by atoms with van der Waals surface area (Å²) in [6, 6.07) is 0. The molecule has 6 nitrogen and oxygen atoms in total. The first kappa shape index (κ1) is 44.0. The van der Waals surface area contributed by atoms with Gasteiger partial charge in [-0.15, -0.1) is 0 Å². The van der Waals surface area contributed by atoms with Crippen molar-refractivity contribution in [1.29, 1.82) is 0 Å². The van der Waals surface area contributed by atoms with Crippen LogP contribution in [-0.4, -0.2) is 17.9 Å². The van der Waals surface area contributed by atoms with E-state index in [1.807, 2.05) is 13.8 Å². The Bertz CT molecular complexity index is 593. The predicted molar refractivity (Wildman–Crippen MR) is 143 cm³/mol. The summed E-state index contributed by atoms with van der Waals surface area (Å²) in [5, 5.41) is 32.1. The Morgan fingerprint density at radius 3 is 1.24 bits per heavy atom. The van der Waals surface area contributed by atoms with Gasteiger partial charge in [0.1, 0.15) is 0 Å². The molecule has 0 rings (SSSR count). The van der Waals surface area contributed by atoms with Crippen molar-refractivity contribution in [2.24, 2.45) is 16.2 Å². The molecule has 2 unspecified atom stereocenters. The molecule has 220 valence electrons. The average molecular weight is 666 g/mol. The van der Waals surface area contributed by atoms with Gasteiger partial charge in [-0.25, -0.2) is 0 Å². The Morgan fingerprint density at radius 2 is 0.892 bits per heavy atom. The van der Waals surface area contributed by atoms with Crippen LogP contribution in [0, 0.1) is 65.6 Å². The number of unbranched alkanes of at least 4 members (excludes halogenated alkanes) is 6. The Balaban J connectivity index is -0.000000218. The molecule has 0 aromatic rings. The van der Waals surface area contributed by atoms with Crippen LogP contribution >= 0.6 is 0 Å². The molecule has 0 spiro atoms. The minimum absolute atomic E-state index is 0. The maximum absolute atomic E-state index is 10.8. The second kappa shape index (κ2) is 25.0. The predicted octanol–water partition coefficient (Wildman–Crippen LogP) is 5.20. The van der Waals surface area contributed by atoms with Gasteiger partial charge in [0.15, 0.2) is 0 Å². The topological polar surface area (TPSA) is 120 Å². The van der Waals surface area contributed by atoms with E-state index in [-0.39, 0.29) is 49.4 Å². The number of carboxylic acid groups (broad SMARTS) is 3. The number of rotatable bonds is 18. The molecule has 0 N–H and O–H groups in total. The quantitative estimate of drug-likeness (QED) is 0.186.